The lowest BCUT2D eigenvalue weighted by atomic mass is 9.67. The lowest BCUT2D eigenvalue weighted by Crippen LogP contribution is -2.61. The second kappa shape index (κ2) is 4.71. The zero-order valence-electron chi connectivity index (χ0n) is 11.2. The van der Waals surface area contributed by atoms with Crippen molar-refractivity contribution in [3.63, 3.8) is 0 Å². The molecule has 0 heterocycles. The van der Waals surface area contributed by atoms with Crippen molar-refractivity contribution in [3.05, 3.63) is 54.1 Å². The van der Waals surface area contributed by atoms with Crippen molar-refractivity contribution in [2.75, 3.05) is 0 Å². The second-order valence-corrected chi connectivity index (χ2v) is 5.10. The molecule has 1 aliphatic carbocycles. The molecule has 2 heteroatoms. The van der Waals surface area contributed by atoms with E-state index in [4.69, 9.17) is 11.5 Å². The van der Waals surface area contributed by atoms with Gasteiger partial charge >= 0.3 is 0 Å². The van der Waals surface area contributed by atoms with Crippen LogP contribution in [0.5, 0.6) is 0 Å². The lowest BCUT2D eigenvalue weighted by molar-refractivity contribution is 0.214. The molecule has 0 amide bonds. The second-order valence-electron chi connectivity index (χ2n) is 5.10. The minimum Gasteiger partial charge on any atom is -0.309 e. The van der Waals surface area contributed by atoms with Crippen molar-refractivity contribution in [1.29, 1.82) is 0 Å². The number of hydrogen-bond acceptors (Lipinski definition) is 2. The lowest BCUT2D eigenvalue weighted by Gasteiger charge is -2.44. The van der Waals surface area contributed by atoms with E-state index in [1.165, 1.54) is 11.1 Å². The van der Waals surface area contributed by atoms with Crippen LogP contribution in [0.3, 0.4) is 0 Å². The van der Waals surface area contributed by atoms with E-state index in [1.807, 2.05) is 18.2 Å². The fraction of sp³-hybridized carbons (Fsp3) is 0.375. The summed E-state index contributed by atoms with van der Waals surface area (Å²) in [5, 5.41) is 0. The van der Waals surface area contributed by atoms with E-state index in [0.717, 1.165) is 12.8 Å². The van der Waals surface area contributed by atoms with E-state index >= 15 is 0 Å². The van der Waals surface area contributed by atoms with Crippen molar-refractivity contribution in [2.24, 2.45) is 16.9 Å². The molecule has 1 aliphatic rings. The van der Waals surface area contributed by atoms with Crippen molar-refractivity contribution in [1.82, 2.24) is 0 Å². The highest BCUT2D eigenvalue weighted by Gasteiger charge is 2.42. The van der Waals surface area contributed by atoms with Crippen LogP contribution in [0.4, 0.5) is 0 Å². The van der Waals surface area contributed by atoms with Gasteiger partial charge in [-0.1, -0.05) is 56.3 Å². The maximum absolute atomic E-state index is 6.26. The molecule has 0 aliphatic heterocycles. The van der Waals surface area contributed by atoms with Crippen LogP contribution < -0.4 is 11.5 Å². The third kappa shape index (κ3) is 2.02. The van der Waals surface area contributed by atoms with Gasteiger partial charge in [-0.3, -0.25) is 0 Å². The largest absolute Gasteiger partial charge is 0.309 e. The van der Waals surface area contributed by atoms with Crippen molar-refractivity contribution in [2.45, 2.75) is 32.4 Å². The number of rotatable bonds is 3. The van der Waals surface area contributed by atoms with Gasteiger partial charge in [-0.15, -0.1) is 0 Å². The zero-order chi connectivity index (χ0) is 13.2. The van der Waals surface area contributed by atoms with Crippen LogP contribution in [0, 0.1) is 5.41 Å². The maximum Gasteiger partial charge on any atom is 0.0924 e. The monoisotopic (exact) mass is 242 g/mol. The van der Waals surface area contributed by atoms with E-state index in [1.54, 1.807) is 0 Å². The Hall–Kier alpha value is -1.38. The third-order valence-electron chi connectivity index (χ3n) is 4.20. The van der Waals surface area contributed by atoms with Gasteiger partial charge in [0.05, 0.1) is 5.66 Å². The van der Waals surface area contributed by atoms with Gasteiger partial charge in [0.2, 0.25) is 0 Å². The van der Waals surface area contributed by atoms with Gasteiger partial charge in [0.1, 0.15) is 0 Å². The quantitative estimate of drug-likeness (QED) is 0.800. The molecule has 0 saturated carbocycles. The summed E-state index contributed by atoms with van der Waals surface area (Å²) in [6.45, 7) is 4.30. The van der Waals surface area contributed by atoms with E-state index in [0.29, 0.717) is 0 Å². The standard InChI is InChI=1S/C16H22N2/c1-3-15(4-2)12-14(10-11-16(15,17)18)13-8-6-5-7-9-13/h5-12H,3-4,17-18H2,1-2H3. The van der Waals surface area contributed by atoms with Crippen molar-refractivity contribution >= 4 is 5.57 Å². The minimum absolute atomic E-state index is 0.160. The molecule has 1 aromatic rings. The fourth-order valence-electron chi connectivity index (χ4n) is 2.74. The summed E-state index contributed by atoms with van der Waals surface area (Å²) in [6.07, 6.45) is 8.12. The molecule has 0 spiro atoms. The molecule has 0 saturated heterocycles. The fourth-order valence-corrected chi connectivity index (χ4v) is 2.74. The van der Waals surface area contributed by atoms with Gasteiger partial charge in [0.25, 0.3) is 0 Å². The number of allylic oxidation sites excluding steroid dienone is 2. The van der Waals surface area contributed by atoms with Crippen LogP contribution in [-0.4, -0.2) is 5.66 Å². The summed E-state index contributed by atoms with van der Waals surface area (Å²) in [5.41, 5.74) is 14.0. The van der Waals surface area contributed by atoms with Gasteiger partial charge in [-0.2, -0.15) is 0 Å². The summed E-state index contributed by atoms with van der Waals surface area (Å²) in [5.74, 6) is 0. The van der Waals surface area contributed by atoms with Crippen LogP contribution in [-0.2, 0) is 0 Å². The summed E-state index contributed by atoms with van der Waals surface area (Å²) in [6, 6.07) is 10.4. The van der Waals surface area contributed by atoms with Crippen LogP contribution >= 0.6 is 0 Å². The third-order valence-corrected chi connectivity index (χ3v) is 4.20. The van der Waals surface area contributed by atoms with Crippen LogP contribution in [0.25, 0.3) is 5.57 Å². The van der Waals surface area contributed by atoms with E-state index in [9.17, 15) is 0 Å². The molecule has 2 rings (SSSR count). The Balaban J connectivity index is 2.47. The highest BCUT2D eigenvalue weighted by molar-refractivity contribution is 5.76. The van der Waals surface area contributed by atoms with Gasteiger partial charge in [-0.25, -0.2) is 0 Å². The number of nitrogens with two attached hydrogens (primary N) is 2. The van der Waals surface area contributed by atoms with Gasteiger partial charge < -0.3 is 11.5 Å². The molecule has 0 bridgehead atoms. The summed E-state index contributed by atoms with van der Waals surface area (Å²) in [7, 11) is 0. The predicted octanol–water partition coefficient (Wildman–Crippen LogP) is 3.06. The first-order valence-electron chi connectivity index (χ1n) is 6.60. The Morgan fingerprint density at radius 2 is 1.61 bits per heavy atom. The van der Waals surface area contributed by atoms with E-state index < -0.39 is 5.66 Å². The average molecular weight is 242 g/mol. The average Bonchev–Trinajstić information content (AvgIpc) is 2.40. The first-order valence-corrected chi connectivity index (χ1v) is 6.60. The molecule has 2 nitrogen and oxygen atoms in total. The van der Waals surface area contributed by atoms with Gasteiger partial charge in [0, 0.05) is 5.41 Å². The molecule has 4 N–H and O–H groups in total. The number of benzene rings is 1. The molecular weight excluding hydrogens is 220 g/mol. The summed E-state index contributed by atoms with van der Waals surface area (Å²) >= 11 is 0. The Kier molecular flexibility index (Phi) is 3.42. The molecule has 0 atom stereocenters. The molecule has 0 unspecified atom stereocenters. The molecule has 0 fully saturated rings. The number of hydrogen-bond donors (Lipinski definition) is 2. The minimum atomic E-state index is -0.755. The molecule has 0 aromatic heterocycles. The Bertz CT molecular complexity index is 465. The van der Waals surface area contributed by atoms with Gasteiger partial charge in [-0.05, 0) is 30.1 Å². The Morgan fingerprint density at radius 3 is 2.17 bits per heavy atom. The van der Waals surface area contributed by atoms with Gasteiger partial charge in [0.15, 0.2) is 0 Å². The topological polar surface area (TPSA) is 52.0 Å². The maximum atomic E-state index is 6.26. The first-order chi connectivity index (χ1) is 8.54. The van der Waals surface area contributed by atoms with E-state index in [-0.39, 0.29) is 5.41 Å². The Labute approximate surface area is 109 Å². The summed E-state index contributed by atoms with van der Waals surface area (Å²) < 4.78 is 0. The molecular formula is C16H22N2. The molecule has 18 heavy (non-hydrogen) atoms. The SMILES string of the molecule is CCC1(CC)C=C(c2ccccc2)C=CC1(N)N. The predicted molar refractivity (Wildman–Crippen MR) is 77.7 cm³/mol. The van der Waals surface area contributed by atoms with E-state index in [2.05, 4.69) is 44.2 Å². The molecule has 0 radical (unpaired) electrons. The smallest absolute Gasteiger partial charge is 0.0924 e. The zero-order valence-corrected chi connectivity index (χ0v) is 11.2. The normalized spacial score (nSPS) is 20.6. The van der Waals surface area contributed by atoms with Crippen LogP contribution in [0.2, 0.25) is 0 Å². The highest BCUT2D eigenvalue weighted by Crippen LogP contribution is 2.42. The highest BCUT2D eigenvalue weighted by atomic mass is 15.0. The van der Waals surface area contributed by atoms with Crippen molar-refractivity contribution in [3.8, 4) is 0 Å². The Morgan fingerprint density at radius 1 is 1.00 bits per heavy atom. The first kappa shape index (κ1) is 13.1. The van der Waals surface area contributed by atoms with Crippen molar-refractivity contribution < 1.29 is 0 Å². The molecule has 1 aromatic carbocycles. The van der Waals surface area contributed by atoms with Crippen LogP contribution in [0.15, 0.2) is 48.6 Å². The van der Waals surface area contributed by atoms with Crippen LogP contribution in [0.1, 0.15) is 32.3 Å². The molecule has 96 valence electrons. The summed E-state index contributed by atoms with van der Waals surface area (Å²) in [4.78, 5) is 0.